The topological polar surface area (TPSA) is 84.2 Å². The number of carbonyl (C=O) groups excluding carboxylic acids is 1. The van der Waals surface area contributed by atoms with Crippen molar-refractivity contribution >= 4 is 40.0 Å². The third kappa shape index (κ3) is 2.79. The number of hydrogen-bond acceptors (Lipinski definition) is 4. The van der Waals surface area contributed by atoms with Crippen LogP contribution in [0.25, 0.3) is 10.9 Å². The van der Waals surface area contributed by atoms with E-state index in [4.69, 9.17) is 23.2 Å². The lowest BCUT2D eigenvalue weighted by Gasteiger charge is -2.10. The lowest BCUT2D eigenvalue weighted by Crippen LogP contribution is -2.33. The zero-order valence-corrected chi connectivity index (χ0v) is 13.3. The molecule has 0 atom stereocenters. The van der Waals surface area contributed by atoms with Crippen LogP contribution >= 0.6 is 23.2 Å². The summed E-state index contributed by atoms with van der Waals surface area (Å²) in [6.07, 6.45) is 1.01. The monoisotopic (exact) mass is 367 g/mol. The lowest BCUT2D eigenvalue weighted by molar-refractivity contribution is 0.101. The van der Waals surface area contributed by atoms with Gasteiger partial charge in [-0.2, -0.15) is 0 Å². The molecule has 0 saturated carbocycles. The number of halogens is 3. The lowest BCUT2D eigenvalue weighted by atomic mass is 10.2. The van der Waals surface area contributed by atoms with Crippen LogP contribution < -0.4 is 11.0 Å². The normalized spacial score (nSPS) is 10.8. The van der Waals surface area contributed by atoms with Crippen LogP contribution in [0.1, 0.15) is 10.4 Å². The Labute approximate surface area is 144 Å². The van der Waals surface area contributed by atoms with Gasteiger partial charge < -0.3 is 5.11 Å². The van der Waals surface area contributed by atoms with Crippen molar-refractivity contribution in [3.05, 3.63) is 68.4 Å². The van der Waals surface area contributed by atoms with Crippen molar-refractivity contribution in [2.24, 2.45) is 0 Å². The van der Waals surface area contributed by atoms with Gasteiger partial charge in [-0.3, -0.25) is 15.0 Å². The van der Waals surface area contributed by atoms with Crippen LogP contribution in [0.3, 0.4) is 0 Å². The van der Waals surface area contributed by atoms with Crippen molar-refractivity contribution in [3.63, 3.8) is 0 Å². The zero-order chi connectivity index (χ0) is 17.4. The van der Waals surface area contributed by atoms with Crippen LogP contribution in [-0.2, 0) is 0 Å². The van der Waals surface area contributed by atoms with E-state index in [1.807, 2.05) is 0 Å². The van der Waals surface area contributed by atoms with Gasteiger partial charge in [0.25, 0.3) is 11.5 Å². The Morgan fingerprint density at radius 2 is 1.88 bits per heavy atom. The van der Waals surface area contributed by atoms with Crippen molar-refractivity contribution in [1.82, 2.24) is 9.66 Å². The zero-order valence-electron chi connectivity index (χ0n) is 11.8. The molecule has 9 heteroatoms. The van der Waals surface area contributed by atoms with Gasteiger partial charge in [0, 0.05) is 5.56 Å². The van der Waals surface area contributed by atoms with Gasteiger partial charge in [0.05, 0.1) is 15.4 Å². The van der Waals surface area contributed by atoms with Gasteiger partial charge in [0.1, 0.15) is 17.7 Å². The second-order valence-electron chi connectivity index (χ2n) is 4.78. The molecule has 0 radical (unpaired) electrons. The molecule has 0 unspecified atom stereocenters. The van der Waals surface area contributed by atoms with Crippen molar-refractivity contribution in [1.29, 1.82) is 0 Å². The number of phenolic OH excluding ortho intramolecular Hbond substituents is 1. The van der Waals surface area contributed by atoms with E-state index in [1.165, 1.54) is 18.2 Å². The smallest absolute Gasteiger partial charge is 0.281 e. The third-order valence-electron chi connectivity index (χ3n) is 3.24. The Morgan fingerprint density at radius 3 is 2.54 bits per heavy atom. The minimum atomic E-state index is -0.701. The molecule has 0 aliphatic rings. The van der Waals surface area contributed by atoms with Gasteiger partial charge in [0.2, 0.25) is 0 Å². The van der Waals surface area contributed by atoms with Crippen LogP contribution in [0.15, 0.2) is 41.5 Å². The quantitative estimate of drug-likeness (QED) is 0.729. The van der Waals surface area contributed by atoms with Crippen LogP contribution in [0, 0.1) is 5.82 Å². The van der Waals surface area contributed by atoms with Crippen molar-refractivity contribution < 1.29 is 14.3 Å². The number of phenols is 1. The Kier molecular flexibility index (Phi) is 4.13. The highest BCUT2D eigenvalue weighted by Crippen LogP contribution is 2.34. The first-order chi connectivity index (χ1) is 11.4. The minimum absolute atomic E-state index is 0.0179. The van der Waals surface area contributed by atoms with Crippen LogP contribution in [-0.4, -0.2) is 20.7 Å². The molecule has 0 aliphatic heterocycles. The molecule has 1 heterocycles. The number of fused-ring (bicyclic) bond motifs is 1. The fraction of sp³-hybridized carbons (Fsp3) is 0. The fourth-order valence-electron chi connectivity index (χ4n) is 2.07. The number of carbonyl (C=O) groups is 1. The molecule has 1 aromatic heterocycles. The molecule has 0 spiro atoms. The molecule has 3 aromatic rings. The molecule has 0 bridgehead atoms. The summed E-state index contributed by atoms with van der Waals surface area (Å²) < 4.78 is 13.7. The summed E-state index contributed by atoms with van der Waals surface area (Å²) in [4.78, 5) is 28.4. The number of rotatable bonds is 2. The molecule has 122 valence electrons. The molecule has 1 amide bonds. The average Bonchev–Trinajstić information content (AvgIpc) is 2.55. The summed E-state index contributed by atoms with van der Waals surface area (Å²) >= 11 is 11.8. The Balaban J connectivity index is 2.05. The van der Waals surface area contributed by atoms with E-state index in [0.29, 0.717) is 0 Å². The summed E-state index contributed by atoms with van der Waals surface area (Å²) in [5.74, 6) is -1.52. The first-order valence-corrected chi connectivity index (χ1v) is 7.29. The highest BCUT2D eigenvalue weighted by Gasteiger charge is 2.16. The average molecular weight is 368 g/mol. The number of aromatic nitrogens is 2. The summed E-state index contributed by atoms with van der Waals surface area (Å²) in [6.45, 7) is 0. The summed E-state index contributed by atoms with van der Waals surface area (Å²) in [6, 6.07) is 5.97. The van der Waals surface area contributed by atoms with Gasteiger partial charge >= 0.3 is 0 Å². The van der Waals surface area contributed by atoms with Gasteiger partial charge in [-0.25, -0.2) is 14.1 Å². The van der Waals surface area contributed by atoms with Gasteiger partial charge in [-0.15, -0.1) is 0 Å². The molecule has 2 N–H and O–H groups in total. The first kappa shape index (κ1) is 16.2. The first-order valence-electron chi connectivity index (χ1n) is 6.53. The Hall–Kier alpha value is -2.64. The molecule has 3 rings (SSSR count). The van der Waals surface area contributed by atoms with E-state index < -0.39 is 17.3 Å². The van der Waals surface area contributed by atoms with E-state index >= 15 is 0 Å². The number of aromatic hydroxyl groups is 1. The van der Waals surface area contributed by atoms with E-state index in [2.05, 4.69) is 10.4 Å². The largest absolute Gasteiger partial charge is 0.504 e. The molecule has 0 aliphatic carbocycles. The Bertz CT molecular complexity index is 1020. The molecular formula is C15H8Cl2FN3O3. The molecular weight excluding hydrogens is 360 g/mol. The number of nitrogens with zero attached hydrogens (tertiary/aromatic N) is 2. The van der Waals surface area contributed by atoms with Crippen molar-refractivity contribution in [3.8, 4) is 5.75 Å². The molecule has 0 fully saturated rings. The van der Waals surface area contributed by atoms with Gasteiger partial charge in [0.15, 0.2) is 5.75 Å². The minimum Gasteiger partial charge on any atom is -0.504 e. The van der Waals surface area contributed by atoms with Crippen molar-refractivity contribution in [2.75, 3.05) is 5.43 Å². The van der Waals surface area contributed by atoms with E-state index in [1.54, 1.807) is 0 Å². The van der Waals surface area contributed by atoms with Crippen LogP contribution in [0.4, 0.5) is 4.39 Å². The van der Waals surface area contributed by atoms with Crippen LogP contribution in [0.2, 0.25) is 10.0 Å². The second kappa shape index (κ2) is 6.10. The van der Waals surface area contributed by atoms with Crippen molar-refractivity contribution in [2.45, 2.75) is 0 Å². The number of amides is 1. The number of benzene rings is 2. The molecule has 0 saturated heterocycles. The SMILES string of the molecule is O=C(Nn1cnc2c(O)c(Cl)cc(Cl)c2c1=O)c1ccc(F)cc1. The molecule has 6 nitrogen and oxygen atoms in total. The highest BCUT2D eigenvalue weighted by atomic mass is 35.5. The Morgan fingerprint density at radius 1 is 1.21 bits per heavy atom. The predicted molar refractivity (Wildman–Crippen MR) is 87.8 cm³/mol. The summed E-state index contributed by atoms with van der Waals surface area (Å²) in [5.41, 5.74) is 1.67. The van der Waals surface area contributed by atoms with Gasteiger partial charge in [-0.05, 0) is 30.3 Å². The highest BCUT2D eigenvalue weighted by molar-refractivity contribution is 6.39. The van der Waals surface area contributed by atoms with E-state index in [0.717, 1.165) is 23.1 Å². The van der Waals surface area contributed by atoms with E-state index in [9.17, 15) is 19.1 Å². The molecule has 24 heavy (non-hydrogen) atoms. The maximum Gasteiger partial charge on any atom is 0.281 e. The predicted octanol–water partition coefficient (Wildman–Crippen LogP) is 2.93. The number of nitrogens with one attached hydrogen (secondary N) is 1. The second-order valence-corrected chi connectivity index (χ2v) is 5.59. The van der Waals surface area contributed by atoms with Gasteiger partial charge in [-0.1, -0.05) is 23.2 Å². The van der Waals surface area contributed by atoms with Crippen LogP contribution in [0.5, 0.6) is 5.75 Å². The maximum atomic E-state index is 12.9. The number of hydrogen-bond donors (Lipinski definition) is 2. The summed E-state index contributed by atoms with van der Waals surface area (Å²) in [7, 11) is 0. The fourth-order valence-corrected chi connectivity index (χ4v) is 2.60. The standard InChI is InChI=1S/C15H8Cl2FN3O3/c16-9-5-10(17)13(22)12-11(9)15(24)21(6-19-12)20-14(23)7-1-3-8(18)4-2-7/h1-6,22H,(H,20,23). The molecule has 2 aromatic carbocycles. The summed E-state index contributed by atoms with van der Waals surface area (Å²) in [5, 5.41) is 9.70. The van der Waals surface area contributed by atoms with E-state index in [-0.39, 0.29) is 32.3 Å². The maximum absolute atomic E-state index is 12.9. The third-order valence-corrected chi connectivity index (χ3v) is 3.83.